The average molecular weight is 166 g/mol. The first-order chi connectivity index (χ1) is 5.65. The summed E-state index contributed by atoms with van der Waals surface area (Å²) < 4.78 is 0. The third-order valence-electron chi connectivity index (χ3n) is 1.80. The maximum absolute atomic E-state index is 10.9. The summed E-state index contributed by atoms with van der Waals surface area (Å²) in [5, 5.41) is 0. The van der Waals surface area contributed by atoms with Crippen LogP contribution < -0.4 is 5.73 Å². The molecule has 66 valence electrons. The van der Waals surface area contributed by atoms with Gasteiger partial charge in [-0.05, 0) is 19.4 Å². The van der Waals surface area contributed by atoms with Gasteiger partial charge in [-0.3, -0.25) is 4.79 Å². The molecule has 3 N–H and O–H groups in total. The number of aryl methyl sites for hydroxylation is 2. The van der Waals surface area contributed by atoms with E-state index in [9.17, 15) is 4.79 Å². The summed E-state index contributed by atoms with van der Waals surface area (Å²) >= 11 is 0. The Morgan fingerprint density at radius 1 is 1.67 bits per heavy atom. The Morgan fingerprint density at radius 3 is 2.83 bits per heavy atom. The summed E-state index contributed by atoms with van der Waals surface area (Å²) in [6, 6.07) is 1.80. The number of aromatic amines is 1. The summed E-state index contributed by atoms with van der Waals surface area (Å²) in [6.45, 7) is 3.99. The molecular weight excluding hydrogens is 152 g/mol. The Kier molecular flexibility index (Phi) is 2.53. The van der Waals surface area contributed by atoms with Crippen LogP contribution in [0.1, 0.15) is 35.1 Å². The average Bonchev–Trinajstić information content (AvgIpc) is 2.32. The standard InChI is InChI=1S/C9H14N2O/c1-3-4-8-7(9(10)12)5-6(2)11-8/h5,11H,3-4H2,1-2H3,(H2,10,12). The van der Waals surface area contributed by atoms with Gasteiger partial charge in [0.1, 0.15) is 0 Å². The molecule has 0 aliphatic carbocycles. The Morgan fingerprint density at radius 2 is 2.33 bits per heavy atom. The van der Waals surface area contributed by atoms with Gasteiger partial charge in [0.15, 0.2) is 0 Å². The minimum Gasteiger partial charge on any atom is -0.366 e. The molecule has 1 aromatic rings. The molecule has 0 aromatic carbocycles. The number of amides is 1. The third kappa shape index (κ3) is 1.67. The van der Waals surface area contributed by atoms with E-state index in [1.807, 2.05) is 6.92 Å². The van der Waals surface area contributed by atoms with E-state index in [4.69, 9.17) is 5.73 Å². The van der Waals surface area contributed by atoms with Gasteiger partial charge >= 0.3 is 0 Å². The van der Waals surface area contributed by atoms with Crippen LogP contribution in [0, 0.1) is 6.92 Å². The Bertz CT molecular complexity index is 289. The van der Waals surface area contributed by atoms with E-state index >= 15 is 0 Å². The maximum atomic E-state index is 10.9. The summed E-state index contributed by atoms with van der Waals surface area (Å²) in [7, 11) is 0. The van der Waals surface area contributed by atoms with Crippen molar-refractivity contribution in [1.82, 2.24) is 4.98 Å². The van der Waals surface area contributed by atoms with Crippen molar-refractivity contribution in [2.75, 3.05) is 0 Å². The number of hydrogen-bond acceptors (Lipinski definition) is 1. The molecule has 1 heterocycles. The van der Waals surface area contributed by atoms with E-state index in [1.54, 1.807) is 6.07 Å². The van der Waals surface area contributed by atoms with Crippen molar-refractivity contribution in [3.05, 3.63) is 23.0 Å². The first-order valence-corrected chi connectivity index (χ1v) is 4.13. The van der Waals surface area contributed by atoms with Crippen molar-refractivity contribution >= 4 is 5.91 Å². The third-order valence-corrected chi connectivity index (χ3v) is 1.80. The molecule has 1 rings (SSSR count). The largest absolute Gasteiger partial charge is 0.366 e. The Hall–Kier alpha value is -1.25. The van der Waals surface area contributed by atoms with Gasteiger partial charge < -0.3 is 10.7 Å². The van der Waals surface area contributed by atoms with E-state index in [2.05, 4.69) is 11.9 Å². The molecule has 3 nitrogen and oxygen atoms in total. The SMILES string of the molecule is CCCc1[nH]c(C)cc1C(N)=O. The van der Waals surface area contributed by atoms with Crippen LogP contribution in [0.4, 0.5) is 0 Å². The molecule has 0 spiro atoms. The van der Waals surface area contributed by atoms with Crippen LogP contribution >= 0.6 is 0 Å². The fraction of sp³-hybridized carbons (Fsp3) is 0.444. The molecule has 1 amide bonds. The molecule has 0 aliphatic rings. The quantitative estimate of drug-likeness (QED) is 0.700. The van der Waals surface area contributed by atoms with Gasteiger partial charge in [-0.1, -0.05) is 13.3 Å². The van der Waals surface area contributed by atoms with Crippen molar-refractivity contribution in [2.45, 2.75) is 26.7 Å². The molecule has 0 saturated carbocycles. The summed E-state index contributed by atoms with van der Waals surface area (Å²) in [6.07, 6.45) is 1.90. The summed E-state index contributed by atoms with van der Waals surface area (Å²) in [4.78, 5) is 14.0. The first-order valence-electron chi connectivity index (χ1n) is 4.13. The normalized spacial score (nSPS) is 10.2. The lowest BCUT2D eigenvalue weighted by Gasteiger charge is -1.96. The van der Waals surface area contributed by atoms with Gasteiger partial charge in [0.05, 0.1) is 5.56 Å². The number of H-pyrrole nitrogens is 1. The van der Waals surface area contributed by atoms with Gasteiger partial charge in [0.25, 0.3) is 5.91 Å². The van der Waals surface area contributed by atoms with Crippen LogP contribution in [0.3, 0.4) is 0 Å². The molecule has 0 unspecified atom stereocenters. The molecule has 0 fully saturated rings. The van der Waals surface area contributed by atoms with E-state index in [-0.39, 0.29) is 5.91 Å². The number of nitrogens with one attached hydrogen (secondary N) is 1. The molecule has 0 atom stereocenters. The zero-order valence-corrected chi connectivity index (χ0v) is 7.48. The van der Waals surface area contributed by atoms with E-state index in [0.717, 1.165) is 24.2 Å². The predicted octanol–water partition coefficient (Wildman–Crippen LogP) is 1.37. The maximum Gasteiger partial charge on any atom is 0.250 e. The van der Waals surface area contributed by atoms with Gasteiger partial charge in [-0.15, -0.1) is 0 Å². The number of carbonyl (C=O) groups excluding carboxylic acids is 1. The second-order valence-electron chi connectivity index (χ2n) is 2.96. The zero-order chi connectivity index (χ0) is 9.14. The topological polar surface area (TPSA) is 58.9 Å². The predicted molar refractivity (Wildman–Crippen MR) is 48.0 cm³/mol. The van der Waals surface area contributed by atoms with Gasteiger partial charge in [0.2, 0.25) is 0 Å². The Balaban J connectivity index is 2.99. The lowest BCUT2D eigenvalue weighted by Crippen LogP contribution is -2.12. The lowest BCUT2D eigenvalue weighted by molar-refractivity contribution is 0.0999. The number of hydrogen-bond donors (Lipinski definition) is 2. The van der Waals surface area contributed by atoms with Gasteiger partial charge in [-0.2, -0.15) is 0 Å². The lowest BCUT2D eigenvalue weighted by atomic mass is 10.1. The van der Waals surface area contributed by atoms with Crippen LogP contribution in [0.5, 0.6) is 0 Å². The monoisotopic (exact) mass is 166 g/mol. The zero-order valence-electron chi connectivity index (χ0n) is 7.48. The second kappa shape index (κ2) is 3.43. The minimum atomic E-state index is -0.345. The molecule has 0 radical (unpaired) electrons. The van der Waals surface area contributed by atoms with E-state index in [0.29, 0.717) is 5.56 Å². The highest BCUT2D eigenvalue weighted by Gasteiger charge is 2.09. The van der Waals surface area contributed by atoms with E-state index in [1.165, 1.54) is 0 Å². The highest BCUT2D eigenvalue weighted by Crippen LogP contribution is 2.11. The summed E-state index contributed by atoms with van der Waals surface area (Å²) in [5.74, 6) is -0.345. The molecule has 0 bridgehead atoms. The fourth-order valence-electron chi connectivity index (χ4n) is 1.31. The van der Waals surface area contributed by atoms with Crippen molar-refractivity contribution in [1.29, 1.82) is 0 Å². The number of aromatic nitrogens is 1. The molecular formula is C9H14N2O. The summed E-state index contributed by atoms with van der Waals surface area (Å²) in [5.41, 5.74) is 7.79. The van der Waals surface area contributed by atoms with Crippen molar-refractivity contribution in [2.24, 2.45) is 5.73 Å². The van der Waals surface area contributed by atoms with Crippen LogP contribution in [0.15, 0.2) is 6.07 Å². The highest BCUT2D eigenvalue weighted by atomic mass is 16.1. The van der Waals surface area contributed by atoms with Gasteiger partial charge in [0, 0.05) is 11.4 Å². The van der Waals surface area contributed by atoms with Crippen molar-refractivity contribution in [3.8, 4) is 0 Å². The number of nitrogens with two attached hydrogens (primary N) is 1. The molecule has 1 aromatic heterocycles. The molecule has 12 heavy (non-hydrogen) atoms. The second-order valence-corrected chi connectivity index (χ2v) is 2.96. The molecule has 0 aliphatic heterocycles. The van der Waals surface area contributed by atoms with Crippen LogP contribution in [-0.4, -0.2) is 10.9 Å². The first kappa shape index (κ1) is 8.84. The highest BCUT2D eigenvalue weighted by molar-refractivity contribution is 5.94. The van der Waals surface area contributed by atoms with E-state index < -0.39 is 0 Å². The molecule has 3 heteroatoms. The Labute approximate surface area is 72.0 Å². The van der Waals surface area contributed by atoms with Crippen molar-refractivity contribution < 1.29 is 4.79 Å². The smallest absolute Gasteiger partial charge is 0.250 e. The van der Waals surface area contributed by atoms with Crippen LogP contribution in [0.25, 0.3) is 0 Å². The van der Waals surface area contributed by atoms with Crippen molar-refractivity contribution in [3.63, 3.8) is 0 Å². The fourth-order valence-corrected chi connectivity index (χ4v) is 1.31. The van der Waals surface area contributed by atoms with Crippen LogP contribution in [0.2, 0.25) is 0 Å². The van der Waals surface area contributed by atoms with Crippen LogP contribution in [-0.2, 0) is 6.42 Å². The number of rotatable bonds is 3. The molecule has 0 saturated heterocycles. The van der Waals surface area contributed by atoms with Gasteiger partial charge in [-0.25, -0.2) is 0 Å². The minimum absolute atomic E-state index is 0.345. The number of carbonyl (C=O) groups is 1. The number of primary amides is 1.